The Hall–Kier alpha value is -3.93. The number of nitriles is 1. The predicted molar refractivity (Wildman–Crippen MR) is 99.9 cm³/mol. The number of carbonyl (C=O) groups excluding carboxylic acids is 1. The van der Waals surface area contributed by atoms with Crippen LogP contribution in [0.25, 0.3) is 0 Å². The Morgan fingerprint density at radius 3 is 2.38 bits per heavy atom. The van der Waals surface area contributed by atoms with Gasteiger partial charge in [0.1, 0.15) is 0 Å². The summed E-state index contributed by atoms with van der Waals surface area (Å²) >= 11 is 0. The van der Waals surface area contributed by atoms with E-state index >= 15 is 0 Å². The summed E-state index contributed by atoms with van der Waals surface area (Å²) in [6, 6.07) is 5.29. The number of hydrogen-bond acceptors (Lipinski definition) is 6. The van der Waals surface area contributed by atoms with Crippen LogP contribution in [0.1, 0.15) is 11.1 Å². The highest BCUT2D eigenvalue weighted by molar-refractivity contribution is 5.95. The number of hydrogen-bond donors (Lipinski definition) is 1. The molecular formula is C19H11F7N4O4. The molecule has 15 heteroatoms. The standard InChI is InChI=1S/C19H11F7N4O4/c20-13-6-11(30(32)33)3-4-14(13)28-16(31)15-8-29(17(34-15)19(24,25)26)10-2-1-9(7-27)12(5-10)18(21,22)23/h1-6,15,17H,8H2,(H,28,31)/t15-,17+/m0/s1. The molecule has 1 aliphatic heterocycles. The molecule has 1 fully saturated rings. The molecule has 1 N–H and O–H groups in total. The minimum Gasteiger partial charge on any atom is -0.335 e. The van der Waals surface area contributed by atoms with Crippen LogP contribution < -0.4 is 10.2 Å². The molecule has 3 rings (SSSR count). The Balaban J connectivity index is 1.89. The van der Waals surface area contributed by atoms with Crippen molar-refractivity contribution in [3.63, 3.8) is 0 Å². The molecule has 0 spiro atoms. The maximum atomic E-state index is 14.0. The largest absolute Gasteiger partial charge is 0.433 e. The van der Waals surface area contributed by atoms with E-state index in [0.29, 0.717) is 23.1 Å². The lowest BCUT2D eigenvalue weighted by Crippen LogP contribution is -2.42. The fourth-order valence-corrected chi connectivity index (χ4v) is 3.16. The molecule has 1 aliphatic rings. The number of ether oxygens (including phenoxy) is 1. The van der Waals surface area contributed by atoms with Gasteiger partial charge in [0.2, 0.25) is 6.23 Å². The van der Waals surface area contributed by atoms with Crippen LogP contribution in [0.5, 0.6) is 0 Å². The van der Waals surface area contributed by atoms with E-state index in [2.05, 4.69) is 0 Å². The first kappa shape index (κ1) is 24.7. The first-order chi connectivity index (χ1) is 15.7. The second-order valence-electron chi connectivity index (χ2n) is 6.92. The van der Waals surface area contributed by atoms with Gasteiger partial charge in [-0.15, -0.1) is 0 Å². The molecule has 0 aliphatic carbocycles. The Bertz CT molecular complexity index is 1180. The van der Waals surface area contributed by atoms with Gasteiger partial charge in [-0.25, -0.2) is 4.39 Å². The lowest BCUT2D eigenvalue weighted by molar-refractivity contribution is -0.385. The Morgan fingerprint density at radius 1 is 1.18 bits per heavy atom. The molecule has 1 amide bonds. The predicted octanol–water partition coefficient (Wildman–Crippen LogP) is 4.36. The molecule has 0 saturated carbocycles. The number of halogens is 7. The molecule has 1 saturated heterocycles. The molecule has 0 radical (unpaired) electrons. The highest BCUT2D eigenvalue weighted by Crippen LogP contribution is 2.39. The molecule has 2 aromatic carbocycles. The van der Waals surface area contributed by atoms with Crippen LogP contribution in [0.2, 0.25) is 0 Å². The molecule has 1 heterocycles. The van der Waals surface area contributed by atoms with Gasteiger partial charge >= 0.3 is 12.4 Å². The van der Waals surface area contributed by atoms with Crippen molar-refractivity contribution in [2.24, 2.45) is 0 Å². The van der Waals surface area contributed by atoms with Crippen molar-refractivity contribution in [1.29, 1.82) is 5.26 Å². The number of carbonyl (C=O) groups is 1. The van der Waals surface area contributed by atoms with E-state index in [-0.39, 0.29) is 0 Å². The van der Waals surface area contributed by atoms with Crippen molar-refractivity contribution in [1.82, 2.24) is 0 Å². The van der Waals surface area contributed by atoms with Gasteiger partial charge < -0.3 is 15.0 Å². The number of alkyl halides is 6. The normalized spacial score (nSPS) is 18.5. The topological polar surface area (TPSA) is 109 Å². The number of nitrogens with zero attached hydrogens (tertiary/aromatic N) is 3. The van der Waals surface area contributed by atoms with Crippen molar-refractivity contribution >= 4 is 23.0 Å². The Kier molecular flexibility index (Phi) is 6.38. The smallest absolute Gasteiger partial charge is 0.335 e. The van der Waals surface area contributed by atoms with E-state index in [1.165, 1.54) is 6.07 Å². The first-order valence-electron chi connectivity index (χ1n) is 9.07. The number of nitrogens with one attached hydrogen (secondary N) is 1. The summed E-state index contributed by atoms with van der Waals surface area (Å²) in [5, 5.41) is 21.4. The van der Waals surface area contributed by atoms with Crippen LogP contribution >= 0.6 is 0 Å². The van der Waals surface area contributed by atoms with Gasteiger partial charge in [0, 0.05) is 11.8 Å². The maximum absolute atomic E-state index is 14.0. The summed E-state index contributed by atoms with van der Waals surface area (Å²) in [5.41, 5.74) is -4.14. The number of rotatable bonds is 4. The van der Waals surface area contributed by atoms with Crippen molar-refractivity contribution < 1.29 is 45.2 Å². The monoisotopic (exact) mass is 492 g/mol. The summed E-state index contributed by atoms with van der Waals surface area (Å²) in [6.45, 7) is -0.867. The van der Waals surface area contributed by atoms with Gasteiger partial charge in [0.05, 0.1) is 40.4 Å². The van der Waals surface area contributed by atoms with Crippen molar-refractivity contribution in [2.45, 2.75) is 24.7 Å². The Labute approximate surface area is 185 Å². The third kappa shape index (κ3) is 5.01. The third-order valence-corrected chi connectivity index (χ3v) is 4.69. The van der Waals surface area contributed by atoms with Gasteiger partial charge in [-0.3, -0.25) is 14.9 Å². The highest BCUT2D eigenvalue weighted by atomic mass is 19.4. The highest BCUT2D eigenvalue weighted by Gasteiger charge is 2.52. The van der Waals surface area contributed by atoms with Crippen LogP contribution in [-0.2, 0) is 15.7 Å². The molecular weight excluding hydrogens is 481 g/mol. The molecule has 0 bridgehead atoms. The quantitative estimate of drug-likeness (QED) is 0.386. The number of amides is 1. The number of non-ortho nitro benzene ring substituents is 1. The second-order valence-corrected chi connectivity index (χ2v) is 6.92. The SMILES string of the molecule is N#Cc1ccc(N2C[C@@H](C(=O)Nc3ccc([N+](=O)[O-])cc3F)O[C@@H]2C(F)(F)F)cc1C(F)(F)F. The molecule has 2 aromatic rings. The van der Waals surface area contributed by atoms with E-state index < -0.39 is 76.1 Å². The first-order valence-corrected chi connectivity index (χ1v) is 9.07. The molecule has 34 heavy (non-hydrogen) atoms. The van der Waals surface area contributed by atoms with E-state index in [4.69, 9.17) is 10.00 Å². The lowest BCUT2D eigenvalue weighted by Gasteiger charge is -2.27. The number of benzene rings is 2. The molecule has 0 unspecified atom stereocenters. The van der Waals surface area contributed by atoms with Crippen molar-refractivity contribution in [3.8, 4) is 6.07 Å². The summed E-state index contributed by atoms with van der Waals surface area (Å²) in [5.74, 6) is -2.51. The van der Waals surface area contributed by atoms with Crippen molar-refractivity contribution in [3.05, 3.63) is 63.5 Å². The van der Waals surface area contributed by atoms with E-state index in [9.17, 15) is 45.6 Å². The fraction of sp³-hybridized carbons (Fsp3) is 0.263. The van der Waals surface area contributed by atoms with Gasteiger partial charge in [-0.05, 0) is 24.3 Å². The zero-order valence-electron chi connectivity index (χ0n) is 16.4. The molecule has 180 valence electrons. The van der Waals surface area contributed by atoms with Gasteiger partial charge in [-0.1, -0.05) is 0 Å². The van der Waals surface area contributed by atoms with Crippen LogP contribution in [0.4, 0.5) is 47.8 Å². The van der Waals surface area contributed by atoms with Gasteiger partial charge in [-0.2, -0.15) is 31.6 Å². The van der Waals surface area contributed by atoms with Crippen LogP contribution in [0.3, 0.4) is 0 Å². The van der Waals surface area contributed by atoms with Crippen LogP contribution in [0.15, 0.2) is 36.4 Å². The van der Waals surface area contributed by atoms with E-state index in [1.807, 2.05) is 5.32 Å². The molecule has 0 aromatic heterocycles. The van der Waals surface area contributed by atoms with Crippen LogP contribution in [-0.4, -0.2) is 35.9 Å². The number of nitro groups is 1. The zero-order chi connectivity index (χ0) is 25.4. The van der Waals surface area contributed by atoms with Gasteiger partial charge in [0.15, 0.2) is 11.9 Å². The zero-order valence-corrected chi connectivity index (χ0v) is 16.4. The number of anilines is 2. The molecule has 8 nitrogen and oxygen atoms in total. The summed E-state index contributed by atoms with van der Waals surface area (Å²) in [4.78, 5) is 22.5. The Morgan fingerprint density at radius 2 is 1.85 bits per heavy atom. The minimum atomic E-state index is -5.14. The van der Waals surface area contributed by atoms with Gasteiger partial charge in [0.25, 0.3) is 11.6 Å². The molecule has 2 atom stereocenters. The van der Waals surface area contributed by atoms with E-state index in [0.717, 1.165) is 18.2 Å². The fourth-order valence-electron chi connectivity index (χ4n) is 3.16. The van der Waals surface area contributed by atoms with Crippen molar-refractivity contribution in [2.75, 3.05) is 16.8 Å². The maximum Gasteiger partial charge on any atom is 0.433 e. The summed E-state index contributed by atoms with van der Waals surface area (Å²) < 4.78 is 99.0. The number of nitro benzene ring substituents is 1. The van der Waals surface area contributed by atoms with Crippen LogP contribution in [0, 0.1) is 27.3 Å². The second kappa shape index (κ2) is 8.78. The lowest BCUT2D eigenvalue weighted by atomic mass is 10.1. The average Bonchev–Trinajstić information content (AvgIpc) is 3.20. The average molecular weight is 492 g/mol. The third-order valence-electron chi connectivity index (χ3n) is 4.69. The summed E-state index contributed by atoms with van der Waals surface area (Å²) in [6.07, 6.45) is -14.9. The van der Waals surface area contributed by atoms with E-state index in [1.54, 1.807) is 0 Å². The minimum absolute atomic E-state index is 0.330. The summed E-state index contributed by atoms with van der Waals surface area (Å²) in [7, 11) is 0.